The van der Waals surface area contributed by atoms with E-state index in [4.69, 9.17) is 0 Å². The molecule has 0 aliphatic carbocycles. The molecule has 46 valence electrons. The first-order valence-electron chi connectivity index (χ1n) is 1.83. The molecule has 0 saturated carbocycles. The molecule has 0 aliphatic heterocycles. The summed E-state index contributed by atoms with van der Waals surface area (Å²) < 4.78 is 11.4. The zero-order valence-corrected chi connectivity index (χ0v) is 5.04. The molecule has 0 bridgehead atoms. The van der Waals surface area contributed by atoms with Gasteiger partial charge in [0.15, 0.2) is 11.3 Å². The number of carbonyl (C=O) groups is 1. The van der Waals surface area contributed by atoms with E-state index in [1.54, 1.807) is 0 Å². The lowest BCUT2D eigenvalue weighted by Gasteiger charge is -1.85. The average Bonchev–Trinajstić information content (AvgIpc) is 1.83. The third-order valence-corrected chi connectivity index (χ3v) is 0.747. The highest BCUT2D eigenvalue weighted by Crippen LogP contribution is 1.99. The van der Waals surface area contributed by atoms with Crippen molar-refractivity contribution in [2.24, 2.45) is 5.10 Å². The van der Waals surface area contributed by atoms with Crippen molar-refractivity contribution < 1.29 is 8.68 Å². The normalized spacial score (nSPS) is 11.0. The van der Waals surface area contributed by atoms with Crippen LogP contribution in [0.1, 0.15) is 0 Å². The lowest BCUT2D eigenvalue weighted by molar-refractivity contribution is -0.102. The maximum atomic E-state index is 11.4. The van der Waals surface area contributed by atoms with E-state index in [1.807, 2.05) is 0 Å². The number of halogens is 1. The molecule has 0 saturated heterocycles. The van der Waals surface area contributed by atoms with Crippen LogP contribution in [0, 0.1) is 0 Å². The van der Waals surface area contributed by atoms with Crippen LogP contribution < -0.4 is 5.43 Å². The van der Waals surface area contributed by atoms with Crippen LogP contribution >= 0.6 is 12.1 Å². The van der Waals surface area contributed by atoms with Gasteiger partial charge in [-0.3, -0.25) is 4.79 Å². The van der Waals surface area contributed by atoms with Gasteiger partial charge in [-0.15, -0.1) is 0 Å². The molecular formula is C3H5FN2OS. The molecule has 0 atom stereocenters. The summed E-state index contributed by atoms with van der Waals surface area (Å²) in [5.74, 6) is 0. The smallest absolute Gasteiger partial charge is 0.188 e. The summed E-state index contributed by atoms with van der Waals surface area (Å²) in [5, 5.41) is 3.05. The fraction of sp³-hybridized carbons (Fsp3) is 0.333. The van der Waals surface area contributed by atoms with Crippen LogP contribution in [0.3, 0.4) is 0 Å². The molecule has 0 unspecified atom stereocenters. The van der Waals surface area contributed by atoms with Crippen LogP contribution in [-0.2, 0) is 4.79 Å². The summed E-state index contributed by atoms with van der Waals surface area (Å²) in [6, 6.07) is 0. The summed E-state index contributed by atoms with van der Waals surface area (Å²) in [4.78, 5) is 9.69. The quantitative estimate of drug-likeness (QED) is 0.257. The molecule has 0 spiro atoms. The van der Waals surface area contributed by atoms with E-state index in [0.29, 0.717) is 6.29 Å². The van der Waals surface area contributed by atoms with Crippen molar-refractivity contribution in [2.45, 2.75) is 0 Å². The molecule has 3 nitrogen and oxygen atoms in total. The Labute approximate surface area is 50.6 Å². The molecule has 0 amide bonds. The van der Waals surface area contributed by atoms with Gasteiger partial charge in [-0.1, -0.05) is 0 Å². The lowest BCUT2D eigenvalue weighted by Crippen LogP contribution is -2.00. The Kier molecular flexibility index (Phi) is 4.24. The summed E-state index contributed by atoms with van der Waals surface area (Å²) in [6.07, 6.45) is 0.334. The standard InChI is InChI=1S/C3H5FN2OS/c1-5-6-3(2-7)8-4/h2,5H,1H3/b6-3-. The number of nitrogens with one attached hydrogen (secondary N) is 1. The van der Waals surface area contributed by atoms with Gasteiger partial charge in [0.2, 0.25) is 0 Å². The van der Waals surface area contributed by atoms with Gasteiger partial charge in [0, 0.05) is 7.05 Å². The maximum absolute atomic E-state index is 11.4. The monoisotopic (exact) mass is 136 g/mol. The molecular weight excluding hydrogens is 131 g/mol. The van der Waals surface area contributed by atoms with Gasteiger partial charge >= 0.3 is 0 Å². The van der Waals surface area contributed by atoms with Gasteiger partial charge in [-0.05, 0) is 0 Å². The summed E-state index contributed by atoms with van der Waals surface area (Å²) in [7, 11) is 1.49. The van der Waals surface area contributed by atoms with E-state index in [1.165, 1.54) is 7.05 Å². The van der Waals surface area contributed by atoms with E-state index in [-0.39, 0.29) is 17.2 Å². The van der Waals surface area contributed by atoms with E-state index in [9.17, 15) is 8.68 Å². The fourth-order valence-corrected chi connectivity index (χ4v) is 0.334. The highest BCUT2D eigenvalue weighted by molar-refractivity contribution is 8.11. The van der Waals surface area contributed by atoms with Gasteiger partial charge in [0.25, 0.3) is 0 Å². The number of hydrazone groups is 1. The van der Waals surface area contributed by atoms with Crippen LogP contribution in [-0.4, -0.2) is 18.4 Å². The minimum absolute atomic E-state index is 0.186. The van der Waals surface area contributed by atoms with E-state index in [0.717, 1.165) is 0 Å². The third kappa shape index (κ3) is 2.57. The molecule has 1 N–H and O–H groups in total. The molecule has 8 heavy (non-hydrogen) atoms. The zero-order chi connectivity index (χ0) is 6.41. The van der Waals surface area contributed by atoms with Crippen LogP contribution in [0.25, 0.3) is 0 Å². The topological polar surface area (TPSA) is 41.5 Å². The Morgan fingerprint density at radius 1 is 2.00 bits per heavy atom. The van der Waals surface area contributed by atoms with Gasteiger partial charge in [0.05, 0.1) is 0 Å². The summed E-state index contributed by atoms with van der Waals surface area (Å²) >= 11 is -0.186. The van der Waals surface area contributed by atoms with Crippen molar-refractivity contribution in [2.75, 3.05) is 7.05 Å². The van der Waals surface area contributed by atoms with Crippen molar-refractivity contribution in [3.63, 3.8) is 0 Å². The molecule has 0 radical (unpaired) electrons. The molecule has 0 fully saturated rings. The van der Waals surface area contributed by atoms with Gasteiger partial charge in [-0.25, -0.2) is 0 Å². The second kappa shape index (κ2) is 4.58. The summed E-state index contributed by atoms with van der Waals surface area (Å²) in [5.41, 5.74) is 2.27. The van der Waals surface area contributed by atoms with Crippen molar-refractivity contribution in [1.82, 2.24) is 5.43 Å². The van der Waals surface area contributed by atoms with Crippen LogP contribution in [0.2, 0.25) is 0 Å². The summed E-state index contributed by atoms with van der Waals surface area (Å²) in [6.45, 7) is 0. The number of rotatable bonds is 2. The second-order valence-corrected chi connectivity index (χ2v) is 1.44. The van der Waals surface area contributed by atoms with Crippen molar-refractivity contribution >= 4 is 23.5 Å². The molecule has 0 heterocycles. The molecule has 0 aromatic carbocycles. The number of nitrogens with zero attached hydrogens (tertiary/aromatic N) is 1. The van der Waals surface area contributed by atoms with Gasteiger partial charge < -0.3 is 5.43 Å². The minimum Gasteiger partial charge on any atom is -0.312 e. The number of carbonyl (C=O) groups excluding carboxylic acids is 1. The minimum atomic E-state index is -0.201. The Morgan fingerprint density at radius 2 is 2.62 bits per heavy atom. The average molecular weight is 136 g/mol. The molecule has 5 heteroatoms. The van der Waals surface area contributed by atoms with Crippen molar-refractivity contribution in [1.29, 1.82) is 0 Å². The van der Waals surface area contributed by atoms with E-state index in [2.05, 4.69) is 10.5 Å². The molecule has 0 aliphatic rings. The van der Waals surface area contributed by atoms with Crippen LogP contribution in [0.15, 0.2) is 5.10 Å². The van der Waals surface area contributed by atoms with Crippen LogP contribution in [0.4, 0.5) is 3.89 Å². The first-order chi connectivity index (χ1) is 3.85. The Bertz CT molecular complexity index is 105. The highest BCUT2D eigenvalue weighted by Gasteiger charge is 1.93. The fourth-order valence-electron chi connectivity index (χ4n) is 0.172. The Morgan fingerprint density at radius 3 is 2.75 bits per heavy atom. The Hall–Kier alpha value is -0.580. The maximum Gasteiger partial charge on any atom is 0.188 e. The Balaban J connectivity index is 3.66. The first kappa shape index (κ1) is 7.42. The molecule has 0 aromatic rings. The van der Waals surface area contributed by atoms with Crippen molar-refractivity contribution in [3.8, 4) is 0 Å². The molecule has 0 rings (SSSR count). The van der Waals surface area contributed by atoms with E-state index >= 15 is 0 Å². The van der Waals surface area contributed by atoms with Crippen LogP contribution in [0.5, 0.6) is 0 Å². The van der Waals surface area contributed by atoms with E-state index < -0.39 is 0 Å². The molecule has 0 aromatic heterocycles. The third-order valence-electron chi connectivity index (χ3n) is 0.402. The predicted molar refractivity (Wildman–Crippen MR) is 31.3 cm³/mol. The first-order valence-corrected chi connectivity index (χ1v) is 2.55. The lowest BCUT2D eigenvalue weighted by atomic mass is 10.8. The second-order valence-electron chi connectivity index (χ2n) is 0.869. The van der Waals surface area contributed by atoms with Gasteiger partial charge in [-0.2, -0.15) is 8.99 Å². The largest absolute Gasteiger partial charge is 0.312 e. The predicted octanol–water partition coefficient (Wildman–Crippen LogP) is 0.336. The SMILES string of the molecule is CN/N=C(/C=O)SF. The van der Waals surface area contributed by atoms with Gasteiger partial charge in [0.1, 0.15) is 12.1 Å². The zero-order valence-electron chi connectivity index (χ0n) is 4.22. The number of hydrogen-bond acceptors (Lipinski definition) is 4. The number of hydrogen-bond donors (Lipinski definition) is 1. The van der Waals surface area contributed by atoms with Crippen molar-refractivity contribution in [3.05, 3.63) is 0 Å². The highest BCUT2D eigenvalue weighted by atomic mass is 32.2. The number of aldehydes is 1.